The van der Waals surface area contributed by atoms with E-state index in [0.29, 0.717) is 13.0 Å². The molecule has 0 spiro atoms. The van der Waals surface area contributed by atoms with E-state index in [-0.39, 0.29) is 5.91 Å². The van der Waals surface area contributed by atoms with Gasteiger partial charge >= 0.3 is 0 Å². The van der Waals surface area contributed by atoms with Gasteiger partial charge in [-0.1, -0.05) is 25.1 Å². The minimum Gasteiger partial charge on any atom is -0.497 e. The van der Waals surface area contributed by atoms with Crippen LogP contribution in [0, 0.1) is 13.8 Å². The highest BCUT2D eigenvalue weighted by Gasteiger charge is 2.18. The van der Waals surface area contributed by atoms with E-state index in [1.54, 1.807) is 7.11 Å². The highest BCUT2D eigenvalue weighted by molar-refractivity contribution is 5.81. The van der Waals surface area contributed by atoms with Gasteiger partial charge < -0.3 is 14.8 Å². The minimum atomic E-state index is -0.465. The molecule has 0 aliphatic heterocycles. The molecule has 4 nitrogen and oxygen atoms in total. The first-order valence-corrected chi connectivity index (χ1v) is 9.17. The van der Waals surface area contributed by atoms with Crippen molar-refractivity contribution in [2.45, 2.75) is 46.1 Å². The summed E-state index contributed by atoms with van der Waals surface area (Å²) in [6, 6.07) is 14.0. The maximum atomic E-state index is 12.4. The smallest absolute Gasteiger partial charge is 0.261 e. The Kier molecular flexibility index (Phi) is 7.52. The number of carbonyl (C=O) groups is 1. The van der Waals surface area contributed by atoms with E-state index in [1.165, 1.54) is 5.56 Å². The van der Waals surface area contributed by atoms with Gasteiger partial charge in [-0.2, -0.15) is 0 Å². The van der Waals surface area contributed by atoms with Crippen LogP contribution < -0.4 is 14.8 Å². The fourth-order valence-corrected chi connectivity index (χ4v) is 2.93. The number of amides is 1. The number of benzene rings is 2. The van der Waals surface area contributed by atoms with Crippen molar-refractivity contribution >= 4 is 5.91 Å². The second-order valence-electron chi connectivity index (χ2n) is 6.58. The van der Waals surface area contributed by atoms with E-state index in [4.69, 9.17) is 9.47 Å². The highest BCUT2D eigenvalue weighted by Crippen LogP contribution is 2.18. The van der Waals surface area contributed by atoms with Gasteiger partial charge in [0.05, 0.1) is 7.11 Å². The zero-order chi connectivity index (χ0) is 18.9. The summed E-state index contributed by atoms with van der Waals surface area (Å²) in [7, 11) is 1.67. The maximum absolute atomic E-state index is 12.4. The van der Waals surface area contributed by atoms with Crippen LogP contribution in [0.15, 0.2) is 42.5 Å². The summed E-state index contributed by atoms with van der Waals surface area (Å²) in [5.74, 6) is 1.55. The molecule has 0 heterocycles. The molecule has 1 amide bonds. The monoisotopic (exact) mass is 355 g/mol. The fraction of sp³-hybridized carbons (Fsp3) is 0.409. The highest BCUT2D eigenvalue weighted by atomic mass is 16.5. The second kappa shape index (κ2) is 9.85. The van der Waals surface area contributed by atoms with Gasteiger partial charge in [0.25, 0.3) is 5.91 Å². The molecule has 0 aliphatic carbocycles. The van der Waals surface area contributed by atoms with Crippen LogP contribution >= 0.6 is 0 Å². The van der Waals surface area contributed by atoms with Crippen LogP contribution in [0.2, 0.25) is 0 Å². The summed E-state index contributed by atoms with van der Waals surface area (Å²) < 4.78 is 11.1. The molecule has 1 atom stereocenters. The van der Waals surface area contributed by atoms with Crippen molar-refractivity contribution in [3.05, 3.63) is 59.2 Å². The lowest BCUT2D eigenvalue weighted by molar-refractivity contribution is -0.128. The first-order valence-electron chi connectivity index (χ1n) is 9.17. The average Bonchev–Trinajstić information content (AvgIpc) is 2.62. The molecule has 0 fully saturated rings. The predicted molar refractivity (Wildman–Crippen MR) is 105 cm³/mol. The first-order chi connectivity index (χ1) is 12.5. The van der Waals surface area contributed by atoms with Crippen LogP contribution in [0.1, 0.15) is 36.5 Å². The van der Waals surface area contributed by atoms with Gasteiger partial charge in [0.15, 0.2) is 6.10 Å². The third kappa shape index (κ3) is 6.10. The summed E-state index contributed by atoms with van der Waals surface area (Å²) in [6.07, 6.45) is 1.94. The van der Waals surface area contributed by atoms with E-state index in [2.05, 4.69) is 17.4 Å². The summed E-state index contributed by atoms with van der Waals surface area (Å²) in [5.41, 5.74) is 3.47. The van der Waals surface area contributed by atoms with Gasteiger partial charge in [0.1, 0.15) is 11.5 Å². The SMILES string of the molecule is CC[C@@H](Oc1cc(C)cc(C)c1)C(=O)NCCCc1cccc(OC)c1. The summed E-state index contributed by atoms with van der Waals surface area (Å²) in [5, 5.41) is 2.99. The number of ether oxygens (including phenoxy) is 2. The van der Waals surface area contributed by atoms with Crippen molar-refractivity contribution in [2.75, 3.05) is 13.7 Å². The number of carbonyl (C=O) groups excluding carboxylic acids is 1. The van der Waals surface area contributed by atoms with E-state index in [1.807, 2.05) is 51.1 Å². The Bertz CT molecular complexity index is 707. The number of methoxy groups -OCH3 is 1. The van der Waals surface area contributed by atoms with Crippen LogP contribution in [0.5, 0.6) is 11.5 Å². The van der Waals surface area contributed by atoms with Gasteiger partial charge in [-0.05, 0) is 74.1 Å². The third-order valence-electron chi connectivity index (χ3n) is 4.21. The second-order valence-corrected chi connectivity index (χ2v) is 6.58. The molecule has 0 saturated heterocycles. The van der Waals surface area contributed by atoms with E-state index < -0.39 is 6.10 Å². The third-order valence-corrected chi connectivity index (χ3v) is 4.21. The van der Waals surface area contributed by atoms with Crippen LogP contribution in [-0.2, 0) is 11.2 Å². The van der Waals surface area contributed by atoms with Crippen molar-refractivity contribution in [3.63, 3.8) is 0 Å². The Morgan fingerprint density at radius 3 is 2.46 bits per heavy atom. The van der Waals surface area contributed by atoms with Gasteiger partial charge in [-0.25, -0.2) is 0 Å². The van der Waals surface area contributed by atoms with Crippen molar-refractivity contribution < 1.29 is 14.3 Å². The molecule has 2 aromatic carbocycles. The Hall–Kier alpha value is -2.49. The van der Waals surface area contributed by atoms with Crippen molar-refractivity contribution in [1.82, 2.24) is 5.32 Å². The fourth-order valence-electron chi connectivity index (χ4n) is 2.93. The van der Waals surface area contributed by atoms with E-state index in [9.17, 15) is 4.79 Å². The Morgan fingerprint density at radius 1 is 1.08 bits per heavy atom. The lowest BCUT2D eigenvalue weighted by atomic mass is 10.1. The van der Waals surface area contributed by atoms with Crippen LogP contribution in [0.3, 0.4) is 0 Å². The molecular weight excluding hydrogens is 326 g/mol. The normalized spacial score (nSPS) is 11.7. The molecule has 0 aromatic heterocycles. The maximum Gasteiger partial charge on any atom is 0.261 e. The Morgan fingerprint density at radius 2 is 1.81 bits per heavy atom. The van der Waals surface area contributed by atoms with E-state index >= 15 is 0 Å². The Balaban J connectivity index is 1.81. The quantitative estimate of drug-likeness (QED) is 0.685. The lowest BCUT2D eigenvalue weighted by Gasteiger charge is -2.18. The van der Waals surface area contributed by atoms with Crippen molar-refractivity contribution in [3.8, 4) is 11.5 Å². The summed E-state index contributed by atoms with van der Waals surface area (Å²) in [6.45, 7) is 6.64. The molecule has 2 aromatic rings. The molecule has 0 aliphatic rings. The summed E-state index contributed by atoms with van der Waals surface area (Å²) >= 11 is 0. The number of rotatable bonds is 9. The molecule has 26 heavy (non-hydrogen) atoms. The molecule has 0 unspecified atom stereocenters. The van der Waals surface area contributed by atoms with Gasteiger partial charge in [0, 0.05) is 6.54 Å². The number of hydrogen-bond acceptors (Lipinski definition) is 3. The van der Waals surface area contributed by atoms with E-state index in [0.717, 1.165) is 35.5 Å². The van der Waals surface area contributed by atoms with Gasteiger partial charge in [-0.3, -0.25) is 4.79 Å². The Labute approximate surface area is 156 Å². The number of aryl methyl sites for hydroxylation is 3. The molecule has 4 heteroatoms. The number of nitrogens with one attached hydrogen (secondary N) is 1. The standard InChI is InChI=1S/C22H29NO3/c1-5-21(26-20-13-16(2)12-17(3)14-20)22(24)23-11-7-9-18-8-6-10-19(15-18)25-4/h6,8,10,12-15,21H,5,7,9,11H2,1-4H3,(H,23,24)/t21-/m1/s1. The minimum absolute atomic E-state index is 0.0581. The summed E-state index contributed by atoms with van der Waals surface area (Å²) in [4.78, 5) is 12.4. The predicted octanol–water partition coefficient (Wildman–Crippen LogP) is 4.22. The topological polar surface area (TPSA) is 47.6 Å². The zero-order valence-electron chi connectivity index (χ0n) is 16.2. The van der Waals surface area contributed by atoms with Crippen LogP contribution in [0.25, 0.3) is 0 Å². The average molecular weight is 355 g/mol. The molecule has 1 N–H and O–H groups in total. The van der Waals surface area contributed by atoms with Gasteiger partial charge in [0.2, 0.25) is 0 Å². The van der Waals surface area contributed by atoms with Crippen molar-refractivity contribution in [1.29, 1.82) is 0 Å². The molecule has 0 bridgehead atoms. The van der Waals surface area contributed by atoms with Crippen LogP contribution in [-0.4, -0.2) is 25.7 Å². The largest absolute Gasteiger partial charge is 0.497 e. The first kappa shape index (κ1) is 19.8. The molecular formula is C22H29NO3. The number of hydrogen-bond donors (Lipinski definition) is 1. The molecule has 2 rings (SSSR count). The van der Waals surface area contributed by atoms with Gasteiger partial charge in [-0.15, -0.1) is 0 Å². The molecule has 0 saturated carbocycles. The molecule has 0 radical (unpaired) electrons. The van der Waals surface area contributed by atoms with Crippen LogP contribution in [0.4, 0.5) is 0 Å². The zero-order valence-corrected chi connectivity index (χ0v) is 16.2. The lowest BCUT2D eigenvalue weighted by Crippen LogP contribution is -2.38. The molecule has 140 valence electrons. The van der Waals surface area contributed by atoms with Crippen molar-refractivity contribution in [2.24, 2.45) is 0 Å².